The summed E-state index contributed by atoms with van der Waals surface area (Å²) in [5, 5.41) is 0. The molecule has 0 aliphatic heterocycles. The molecule has 0 radical (unpaired) electrons. The maximum atomic E-state index is 13.6. The molecule has 5 nitrogen and oxygen atoms in total. The number of hydrogen-bond acceptors (Lipinski definition) is 4. The highest BCUT2D eigenvalue weighted by Gasteiger charge is 2.24. The Hall–Kier alpha value is -1.83. The molecule has 0 unspecified atom stereocenters. The fraction of sp³-hybridized carbons (Fsp3) is 0.214. The molecule has 0 saturated carbocycles. The fourth-order valence-corrected chi connectivity index (χ4v) is 3.26. The Morgan fingerprint density at radius 2 is 1.95 bits per heavy atom. The van der Waals surface area contributed by atoms with E-state index in [9.17, 15) is 12.8 Å². The van der Waals surface area contributed by atoms with Crippen LogP contribution in [0.3, 0.4) is 0 Å². The van der Waals surface area contributed by atoms with Crippen molar-refractivity contribution >= 4 is 10.0 Å². The first-order valence-corrected chi connectivity index (χ1v) is 7.74. The van der Waals surface area contributed by atoms with Gasteiger partial charge in [-0.15, -0.1) is 0 Å². The topological polar surface area (TPSA) is 76.3 Å². The number of nitrogens with zero attached hydrogens (tertiary/aromatic N) is 2. The zero-order chi connectivity index (χ0) is 15.5. The van der Waals surface area contributed by atoms with Crippen LogP contribution in [0, 0.1) is 5.82 Å². The molecule has 0 amide bonds. The molecule has 0 aliphatic carbocycles. The minimum atomic E-state index is -3.77. The predicted molar refractivity (Wildman–Crippen MR) is 77.2 cm³/mol. The number of pyridine rings is 1. The second kappa shape index (κ2) is 6.30. The van der Waals surface area contributed by atoms with Gasteiger partial charge in [-0.2, -0.15) is 4.31 Å². The zero-order valence-electron chi connectivity index (χ0n) is 11.5. The summed E-state index contributed by atoms with van der Waals surface area (Å²) in [6.07, 6.45) is 1.48. The molecule has 0 spiro atoms. The van der Waals surface area contributed by atoms with Gasteiger partial charge in [-0.1, -0.05) is 18.2 Å². The van der Waals surface area contributed by atoms with Gasteiger partial charge in [-0.25, -0.2) is 12.8 Å². The molecular formula is C14H16FN3O2S. The highest BCUT2D eigenvalue weighted by atomic mass is 32.2. The van der Waals surface area contributed by atoms with E-state index in [4.69, 9.17) is 5.73 Å². The molecule has 2 aromatic rings. The number of hydrogen-bond donors (Lipinski definition) is 1. The zero-order valence-corrected chi connectivity index (χ0v) is 12.3. The lowest BCUT2D eigenvalue weighted by molar-refractivity contribution is 0.455. The molecule has 0 atom stereocenters. The Kier molecular flexibility index (Phi) is 4.66. The summed E-state index contributed by atoms with van der Waals surface area (Å²) in [6.45, 7) is -0.0448. The minimum Gasteiger partial charge on any atom is -0.325 e. The maximum absolute atomic E-state index is 13.6. The summed E-state index contributed by atoms with van der Waals surface area (Å²) in [6, 6.07) is 9.04. The van der Waals surface area contributed by atoms with E-state index in [0.717, 1.165) is 4.31 Å². The maximum Gasteiger partial charge on any atom is 0.244 e. The molecule has 0 bridgehead atoms. The van der Waals surface area contributed by atoms with Crippen molar-refractivity contribution in [2.24, 2.45) is 5.73 Å². The SMILES string of the molecule is CN(Cc1ccccc1F)S(=O)(=O)c1cccnc1CN. The van der Waals surface area contributed by atoms with E-state index in [1.54, 1.807) is 18.2 Å². The average molecular weight is 309 g/mol. The van der Waals surface area contributed by atoms with Gasteiger partial charge >= 0.3 is 0 Å². The number of rotatable bonds is 5. The Morgan fingerprint density at radius 3 is 2.62 bits per heavy atom. The van der Waals surface area contributed by atoms with Crippen LogP contribution in [-0.4, -0.2) is 24.8 Å². The van der Waals surface area contributed by atoms with Crippen molar-refractivity contribution in [2.45, 2.75) is 18.0 Å². The van der Waals surface area contributed by atoms with E-state index in [2.05, 4.69) is 4.98 Å². The first kappa shape index (κ1) is 15.6. The summed E-state index contributed by atoms with van der Waals surface area (Å²) in [5.74, 6) is -0.440. The third-order valence-corrected chi connectivity index (χ3v) is 4.96. The van der Waals surface area contributed by atoms with Crippen LogP contribution in [0.4, 0.5) is 4.39 Å². The van der Waals surface area contributed by atoms with Crippen LogP contribution in [0.1, 0.15) is 11.3 Å². The average Bonchev–Trinajstić information content (AvgIpc) is 2.49. The Morgan fingerprint density at radius 1 is 1.24 bits per heavy atom. The smallest absolute Gasteiger partial charge is 0.244 e. The third kappa shape index (κ3) is 3.26. The molecule has 21 heavy (non-hydrogen) atoms. The van der Waals surface area contributed by atoms with E-state index in [0.29, 0.717) is 5.56 Å². The molecule has 1 aromatic heterocycles. The second-order valence-electron chi connectivity index (χ2n) is 4.50. The summed E-state index contributed by atoms with van der Waals surface area (Å²) in [4.78, 5) is 4.01. The molecule has 2 N–H and O–H groups in total. The van der Waals surface area contributed by atoms with Crippen molar-refractivity contribution in [3.05, 3.63) is 59.7 Å². The lowest BCUT2D eigenvalue weighted by atomic mass is 10.2. The fourth-order valence-electron chi connectivity index (χ4n) is 1.93. The second-order valence-corrected chi connectivity index (χ2v) is 6.52. The first-order chi connectivity index (χ1) is 9.96. The number of benzene rings is 1. The highest BCUT2D eigenvalue weighted by Crippen LogP contribution is 2.20. The summed E-state index contributed by atoms with van der Waals surface area (Å²) in [7, 11) is -2.37. The molecule has 1 aromatic carbocycles. The highest BCUT2D eigenvalue weighted by molar-refractivity contribution is 7.89. The van der Waals surface area contributed by atoms with Gasteiger partial charge in [-0.05, 0) is 18.2 Å². The van der Waals surface area contributed by atoms with Crippen molar-refractivity contribution in [3.8, 4) is 0 Å². The van der Waals surface area contributed by atoms with Gasteiger partial charge in [0.25, 0.3) is 0 Å². The molecule has 1 heterocycles. The Balaban J connectivity index is 2.33. The molecular weight excluding hydrogens is 293 g/mol. The molecule has 0 saturated heterocycles. The van der Waals surface area contributed by atoms with Crippen LogP contribution < -0.4 is 5.73 Å². The van der Waals surface area contributed by atoms with E-state index in [1.165, 1.54) is 31.4 Å². The lowest BCUT2D eigenvalue weighted by Crippen LogP contribution is -2.28. The molecule has 0 fully saturated rings. The summed E-state index contributed by atoms with van der Waals surface area (Å²) in [5.41, 5.74) is 6.12. The van der Waals surface area contributed by atoms with E-state index < -0.39 is 15.8 Å². The van der Waals surface area contributed by atoms with Crippen molar-refractivity contribution in [1.82, 2.24) is 9.29 Å². The van der Waals surface area contributed by atoms with Gasteiger partial charge in [-0.3, -0.25) is 4.98 Å². The van der Waals surface area contributed by atoms with Crippen LogP contribution in [0.15, 0.2) is 47.5 Å². The first-order valence-electron chi connectivity index (χ1n) is 6.30. The third-order valence-electron chi connectivity index (χ3n) is 3.08. The van der Waals surface area contributed by atoms with Gasteiger partial charge in [0.05, 0.1) is 5.69 Å². The van der Waals surface area contributed by atoms with Crippen LogP contribution in [0.25, 0.3) is 0 Å². The number of aromatic nitrogens is 1. The number of halogens is 1. The van der Waals surface area contributed by atoms with Gasteiger partial charge in [0.1, 0.15) is 10.7 Å². The lowest BCUT2D eigenvalue weighted by Gasteiger charge is -2.18. The van der Waals surface area contributed by atoms with Crippen LogP contribution in [0.2, 0.25) is 0 Å². The monoisotopic (exact) mass is 309 g/mol. The van der Waals surface area contributed by atoms with Gasteiger partial charge in [0, 0.05) is 31.9 Å². The Labute approximate surface area is 123 Å². The van der Waals surface area contributed by atoms with E-state index >= 15 is 0 Å². The van der Waals surface area contributed by atoms with E-state index in [1.807, 2.05) is 0 Å². The number of nitrogens with two attached hydrogens (primary N) is 1. The Bertz CT molecular complexity index is 735. The van der Waals surface area contributed by atoms with Crippen LogP contribution in [0.5, 0.6) is 0 Å². The van der Waals surface area contributed by atoms with Gasteiger partial charge < -0.3 is 5.73 Å². The normalized spacial score (nSPS) is 11.8. The molecule has 0 aliphatic rings. The summed E-state index contributed by atoms with van der Waals surface area (Å²) >= 11 is 0. The standard InChI is InChI=1S/C14H16FN3O2S/c1-18(10-11-5-2-3-6-12(11)15)21(19,20)14-7-4-8-17-13(14)9-16/h2-8H,9-10,16H2,1H3. The van der Waals surface area contributed by atoms with Gasteiger partial charge in [0.15, 0.2) is 0 Å². The van der Waals surface area contributed by atoms with Crippen LogP contribution in [-0.2, 0) is 23.1 Å². The molecule has 2 rings (SSSR count). The van der Waals surface area contributed by atoms with Crippen molar-refractivity contribution < 1.29 is 12.8 Å². The summed E-state index contributed by atoms with van der Waals surface area (Å²) < 4.78 is 39.8. The van der Waals surface area contributed by atoms with Crippen molar-refractivity contribution in [1.29, 1.82) is 0 Å². The quantitative estimate of drug-likeness (QED) is 0.908. The minimum absolute atomic E-state index is 0.0168. The van der Waals surface area contributed by atoms with E-state index in [-0.39, 0.29) is 23.7 Å². The van der Waals surface area contributed by atoms with Crippen molar-refractivity contribution in [3.63, 3.8) is 0 Å². The van der Waals surface area contributed by atoms with Crippen LogP contribution >= 0.6 is 0 Å². The predicted octanol–water partition coefficient (Wildman–Crippen LogP) is 1.50. The number of sulfonamides is 1. The van der Waals surface area contributed by atoms with Gasteiger partial charge in [0.2, 0.25) is 10.0 Å². The molecule has 7 heteroatoms. The van der Waals surface area contributed by atoms with Crippen molar-refractivity contribution in [2.75, 3.05) is 7.05 Å². The largest absolute Gasteiger partial charge is 0.325 e. The molecule has 112 valence electrons.